The fourth-order valence-corrected chi connectivity index (χ4v) is 1.48. The molecule has 1 atom stereocenters. The quantitative estimate of drug-likeness (QED) is 0.821. The van der Waals surface area contributed by atoms with E-state index in [0.29, 0.717) is 5.82 Å². The van der Waals surface area contributed by atoms with Crippen LogP contribution in [0.2, 0.25) is 0 Å². The van der Waals surface area contributed by atoms with E-state index in [4.69, 9.17) is 5.73 Å². The second kappa shape index (κ2) is 4.78. The second-order valence-electron chi connectivity index (χ2n) is 5.16. The largest absolute Gasteiger partial charge is 0.321 e. The Bertz CT molecular complexity index is 403. The summed E-state index contributed by atoms with van der Waals surface area (Å²) in [6, 6.07) is 1.36. The molecule has 0 bridgehead atoms. The van der Waals surface area contributed by atoms with Gasteiger partial charge in [-0.15, -0.1) is 0 Å². The molecule has 16 heavy (non-hydrogen) atoms. The Balaban J connectivity index is 3.13. The summed E-state index contributed by atoms with van der Waals surface area (Å²) in [6.45, 7) is 8.16. The van der Waals surface area contributed by atoms with Crippen LogP contribution in [0.4, 0.5) is 0 Å². The maximum atomic E-state index is 11.5. The first-order chi connectivity index (χ1) is 7.34. The lowest BCUT2D eigenvalue weighted by Gasteiger charge is -2.19. The number of hydrogen-bond donors (Lipinski definition) is 2. The molecule has 0 aliphatic carbocycles. The number of aromatic amines is 1. The number of nitrogens with zero attached hydrogens (tertiary/aromatic N) is 1. The smallest absolute Gasteiger partial charge is 0.251 e. The van der Waals surface area contributed by atoms with E-state index in [-0.39, 0.29) is 17.0 Å². The fourth-order valence-electron chi connectivity index (χ4n) is 1.48. The van der Waals surface area contributed by atoms with E-state index in [1.54, 1.807) is 6.07 Å². The Morgan fingerprint density at radius 1 is 1.50 bits per heavy atom. The van der Waals surface area contributed by atoms with Gasteiger partial charge >= 0.3 is 0 Å². The third-order valence-corrected chi connectivity index (χ3v) is 2.48. The molecular weight excluding hydrogens is 202 g/mol. The molecule has 3 N–H and O–H groups in total. The molecule has 4 heteroatoms. The molecule has 1 heterocycles. The summed E-state index contributed by atoms with van der Waals surface area (Å²) in [7, 11) is 0. The van der Waals surface area contributed by atoms with Crippen LogP contribution < -0.4 is 11.3 Å². The van der Waals surface area contributed by atoms with Gasteiger partial charge in [-0.1, -0.05) is 34.1 Å². The molecule has 0 amide bonds. The fraction of sp³-hybridized carbons (Fsp3) is 0.667. The highest BCUT2D eigenvalue weighted by atomic mass is 16.1. The Morgan fingerprint density at radius 3 is 2.62 bits per heavy atom. The zero-order valence-electron chi connectivity index (χ0n) is 10.5. The van der Waals surface area contributed by atoms with Gasteiger partial charge in [0.25, 0.3) is 5.56 Å². The minimum Gasteiger partial charge on any atom is -0.321 e. The molecule has 0 aliphatic rings. The van der Waals surface area contributed by atoms with Gasteiger partial charge in [-0.25, -0.2) is 4.98 Å². The molecule has 0 radical (unpaired) electrons. The summed E-state index contributed by atoms with van der Waals surface area (Å²) in [5.41, 5.74) is 6.49. The van der Waals surface area contributed by atoms with Crippen molar-refractivity contribution in [3.63, 3.8) is 0 Å². The summed E-state index contributed by atoms with van der Waals surface area (Å²) in [5.74, 6) is 0.597. The first-order valence-electron chi connectivity index (χ1n) is 5.72. The van der Waals surface area contributed by atoms with Crippen molar-refractivity contribution in [2.75, 3.05) is 0 Å². The average molecular weight is 223 g/mol. The Kier molecular flexibility index (Phi) is 3.86. The zero-order chi connectivity index (χ0) is 12.3. The van der Waals surface area contributed by atoms with Crippen LogP contribution in [0, 0.1) is 0 Å². The van der Waals surface area contributed by atoms with Gasteiger partial charge in [0.05, 0.1) is 11.7 Å². The summed E-state index contributed by atoms with van der Waals surface area (Å²) < 4.78 is 0. The van der Waals surface area contributed by atoms with Crippen LogP contribution in [0.5, 0.6) is 0 Å². The highest BCUT2D eigenvalue weighted by Crippen LogP contribution is 2.19. The molecule has 4 nitrogen and oxygen atoms in total. The topological polar surface area (TPSA) is 71.8 Å². The van der Waals surface area contributed by atoms with Crippen LogP contribution >= 0.6 is 0 Å². The summed E-state index contributed by atoms with van der Waals surface area (Å²) in [4.78, 5) is 18.7. The van der Waals surface area contributed by atoms with E-state index in [0.717, 1.165) is 18.5 Å². The second-order valence-corrected chi connectivity index (χ2v) is 5.16. The van der Waals surface area contributed by atoms with E-state index in [1.807, 2.05) is 20.8 Å². The molecule has 1 aromatic rings. The molecule has 0 aromatic carbocycles. The van der Waals surface area contributed by atoms with Crippen LogP contribution in [-0.4, -0.2) is 9.97 Å². The minimum atomic E-state index is -0.181. The highest BCUT2D eigenvalue weighted by molar-refractivity contribution is 5.13. The number of aromatic nitrogens is 2. The number of nitrogens with two attached hydrogens (primary N) is 1. The molecule has 0 aliphatic heterocycles. The normalized spacial score (nSPS) is 13.8. The Labute approximate surface area is 96.3 Å². The third kappa shape index (κ3) is 3.17. The monoisotopic (exact) mass is 223 g/mol. The predicted molar refractivity (Wildman–Crippen MR) is 65.4 cm³/mol. The molecule has 0 spiro atoms. The van der Waals surface area contributed by atoms with Crippen LogP contribution in [-0.2, 0) is 5.41 Å². The molecule has 0 saturated heterocycles. The first-order valence-corrected chi connectivity index (χ1v) is 5.72. The third-order valence-electron chi connectivity index (χ3n) is 2.48. The van der Waals surface area contributed by atoms with Crippen molar-refractivity contribution >= 4 is 0 Å². The number of rotatable bonds is 3. The van der Waals surface area contributed by atoms with Gasteiger partial charge in [0.1, 0.15) is 5.82 Å². The number of H-pyrrole nitrogens is 1. The van der Waals surface area contributed by atoms with Crippen molar-refractivity contribution in [3.8, 4) is 0 Å². The van der Waals surface area contributed by atoms with Gasteiger partial charge in [-0.3, -0.25) is 4.79 Å². The Hall–Kier alpha value is -1.16. The van der Waals surface area contributed by atoms with Crippen molar-refractivity contribution in [2.45, 2.75) is 52.0 Å². The minimum absolute atomic E-state index is 0.124. The number of hydrogen-bond acceptors (Lipinski definition) is 3. The molecule has 90 valence electrons. The lowest BCUT2D eigenvalue weighted by molar-refractivity contribution is 0.540. The summed E-state index contributed by atoms with van der Waals surface area (Å²) in [5, 5.41) is 0. The van der Waals surface area contributed by atoms with E-state index >= 15 is 0 Å². The van der Waals surface area contributed by atoms with Gasteiger partial charge in [0.15, 0.2) is 0 Å². The van der Waals surface area contributed by atoms with Crippen LogP contribution in [0.15, 0.2) is 10.9 Å². The molecule has 1 rings (SSSR count). The van der Waals surface area contributed by atoms with Gasteiger partial charge in [0.2, 0.25) is 0 Å². The SMILES string of the molecule is CCCC(N)c1nc(C(C)(C)C)cc(=O)[nH]1. The number of nitrogens with one attached hydrogen (secondary N) is 1. The maximum absolute atomic E-state index is 11.5. The lowest BCUT2D eigenvalue weighted by atomic mass is 9.92. The molecule has 1 aromatic heterocycles. The van der Waals surface area contributed by atoms with Gasteiger partial charge in [0, 0.05) is 11.5 Å². The van der Waals surface area contributed by atoms with E-state index in [9.17, 15) is 4.79 Å². The van der Waals surface area contributed by atoms with E-state index in [1.165, 1.54) is 0 Å². The van der Waals surface area contributed by atoms with Crippen molar-refractivity contribution in [1.29, 1.82) is 0 Å². The van der Waals surface area contributed by atoms with Gasteiger partial charge < -0.3 is 10.7 Å². The van der Waals surface area contributed by atoms with Crippen molar-refractivity contribution < 1.29 is 0 Å². The van der Waals surface area contributed by atoms with Crippen molar-refractivity contribution in [1.82, 2.24) is 9.97 Å². The summed E-state index contributed by atoms with van der Waals surface area (Å²) >= 11 is 0. The zero-order valence-corrected chi connectivity index (χ0v) is 10.5. The van der Waals surface area contributed by atoms with E-state index < -0.39 is 0 Å². The average Bonchev–Trinajstić information content (AvgIpc) is 2.16. The Morgan fingerprint density at radius 2 is 2.12 bits per heavy atom. The molecule has 0 saturated carbocycles. The maximum Gasteiger partial charge on any atom is 0.251 e. The molecular formula is C12H21N3O. The standard InChI is InChI=1S/C12H21N3O/c1-5-6-8(13)11-14-9(12(2,3)4)7-10(16)15-11/h7-8H,5-6,13H2,1-4H3,(H,14,15,16). The lowest BCUT2D eigenvalue weighted by Crippen LogP contribution is -2.24. The van der Waals surface area contributed by atoms with Gasteiger partial charge in [-0.2, -0.15) is 0 Å². The van der Waals surface area contributed by atoms with Crippen molar-refractivity contribution in [2.24, 2.45) is 5.73 Å². The molecule has 0 fully saturated rings. The van der Waals surface area contributed by atoms with E-state index in [2.05, 4.69) is 16.9 Å². The summed E-state index contributed by atoms with van der Waals surface area (Å²) in [6.07, 6.45) is 1.81. The molecule has 1 unspecified atom stereocenters. The van der Waals surface area contributed by atoms with Crippen LogP contribution in [0.25, 0.3) is 0 Å². The van der Waals surface area contributed by atoms with Crippen molar-refractivity contribution in [3.05, 3.63) is 27.9 Å². The van der Waals surface area contributed by atoms with Crippen LogP contribution in [0.3, 0.4) is 0 Å². The first kappa shape index (κ1) is 12.9. The predicted octanol–water partition coefficient (Wildman–Crippen LogP) is 1.87. The highest BCUT2D eigenvalue weighted by Gasteiger charge is 2.18. The van der Waals surface area contributed by atoms with Gasteiger partial charge in [-0.05, 0) is 6.42 Å². The van der Waals surface area contributed by atoms with Crippen LogP contribution in [0.1, 0.15) is 58.1 Å².